The summed E-state index contributed by atoms with van der Waals surface area (Å²) >= 11 is 11.6. The third-order valence-corrected chi connectivity index (χ3v) is 11.2. The fourth-order valence-electron chi connectivity index (χ4n) is 5.11. The standard InChI is InChI=1S/C38H58Cl2N2O4S2/c39-31-33-19-23-35(24-20-33)41-37(43)45-27-15-11-7-3-1-5-9-13-17-29-47-48-30-18-14-10-6-2-4-8-12-16-28-46-38(44)42-36-25-21-34(32-40)22-26-36/h19-26H,1-18,27-32H2,(H,41,43)(H,42,44). The van der Waals surface area contributed by atoms with Crippen LogP contribution in [-0.4, -0.2) is 36.9 Å². The third kappa shape index (κ3) is 23.6. The molecule has 0 spiro atoms. The molecule has 270 valence electrons. The second-order valence-electron chi connectivity index (χ2n) is 12.2. The van der Waals surface area contributed by atoms with Crippen LogP contribution >= 0.6 is 44.8 Å². The first-order valence-corrected chi connectivity index (χ1v) is 21.6. The van der Waals surface area contributed by atoms with E-state index in [-0.39, 0.29) is 0 Å². The van der Waals surface area contributed by atoms with Gasteiger partial charge in [0.25, 0.3) is 0 Å². The van der Waals surface area contributed by atoms with E-state index in [2.05, 4.69) is 32.2 Å². The Labute approximate surface area is 308 Å². The van der Waals surface area contributed by atoms with Gasteiger partial charge in [-0.2, -0.15) is 0 Å². The van der Waals surface area contributed by atoms with Gasteiger partial charge in [-0.1, -0.05) is 136 Å². The predicted molar refractivity (Wildman–Crippen MR) is 210 cm³/mol. The number of carbonyl (C=O) groups is 2. The van der Waals surface area contributed by atoms with E-state index in [9.17, 15) is 9.59 Å². The van der Waals surface area contributed by atoms with Gasteiger partial charge in [0, 0.05) is 34.6 Å². The Hall–Kier alpha value is -1.74. The topological polar surface area (TPSA) is 76.7 Å². The second-order valence-corrected chi connectivity index (χ2v) is 15.4. The van der Waals surface area contributed by atoms with Gasteiger partial charge >= 0.3 is 12.2 Å². The molecule has 2 N–H and O–H groups in total. The van der Waals surface area contributed by atoms with Gasteiger partial charge in [0.05, 0.1) is 13.2 Å². The summed E-state index contributed by atoms with van der Waals surface area (Å²) in [6.45, 7) is 0.940. The van der Waals surface area contributed by atoms with E-state index in [0.717, 1.165) is 48.2 Å². The molecule has 0 fully saturated rings. The average molecular weight is 742 g/mol. The monoisotopic (exact) mass is 740 g/mol. The average Bonchev–Trinajstić information content (AvgIpc) is 3.10. The van der Waals surface area contributed by atoms with Crippen LogP contribution in [0.5, 0.6) is 0 Å². The number of ether oxygens (including phenoxy) is 2. The molecule has 0 unspecified atom stereocenters. The van der Waals surface area contributed by atoms with Gasteiger partial charge in [-0.05, 0) is 61.1 Å². The van der Waals surface area contributed by atoms with Gasteiger partial charge in [0.1, 0.15) is 0 Å². The van der Waals surface area contributed by atoms with Crippen LogP contribution in [0.15, 0.2) is 48.5 Å². The molecule has 2 amide bonds. The number of alkyl halides is 2. The molecule has 0 aliphatic rings. The summed E-state index contributed by atoms with van der Waals surface area (Å²) in [6.07, 6.45) is 21.6. The van der Waals surface area contributed by atoms with Crippen LogP contribution < -0.4 is 10.6 Å². The molecule has 6 nitrogen and oxygen atoms in total. The molecular weight excluding hydrogens is 683 g/mol. The first kappa shape index (κ1) is 42.4. The Kier molecular flexibility index (Phi) is 26.6. The third-order valence-electron chi connectivity index (χ3n) is 8.00. The maximum absolute atomic E-state index is 11.9. The normalized spacial score (nSPS) is 11.0. The van der Waals surface area contributed by atoms with E-state index in [0.29, 0.717) is 25.0 Å². The lowest BCUT2D eigenvalue weighted by molar-refractivity contribution is 0.158. The Morgan fingerprint density at radius 1 is 0.458 bits per heavy atom. The van der Waals surface area contributed by atoms with Crippen LogP contribution in [0.3, 0.4) is 0 Å². The number of amides is 2. The number of hydrogen-bond donors (Lipinski definition) is 2. The maximum atomic E-state index is 11.9. The molecule has 0 aliphatic heterocycles. The Morgan fingerprint density at radius 2 is 0.750 bits per heavy atom. The number of halogens is 2. The number of rotatable bonds is 29. The fraction of sp³-hybridized carbons (Fsp3) is 0.632. The molecule has 2 aromatic carbocycles. The molecule has 0 aliphatic carbocycles. The summed E-state index contributed by atoms with van der Waals surface area (Å²) in [6, 6.07) is 14.9. The van der Waals surface area contributed by atoms with Gasteiger partial charge in [0.2, 0.25) is 0 Å². The van der Waals surface area contributed by atoms with Crippen molar-refractivity contribution in [2.24, 2.45) is 0 Å². The molecule has 10 heteroatoms. The van der Waals surface area contributed by atoms with Crippen LogP contribution in [-0.2, 0) is 21.2 Å². The van der Waals surface area contributed by atoms with Gasteiger partial charge < -0.3 is 9.47 Å². The lowest BCUT2D eigenvalue weighted by atomic mass is 10.1. The van der Waals surface area contributed by atoms with Crippen molar-refractivity contribution in [1.82, 2.24) is 0 Å². The summed E-state index contributed by atoms with van der Waals surface area (Å²) in [5, 5.41) is 5.50. The van der Waals surface area contributed by atoms with Crippen molar-refractivity contribution in [2.75, 3.05) is 35.4 Å². The lowest BCUT2D eigenvalue weighted by Gasteiger charge is -2.07. The number of anilines is 2. The quantitative estimate of drug-likeness (QED) is 0.0491. The van der Waals surface area contributed by atoms with Gasteiger partial charge in [-0.3, -0.25) is 10.6 Å². The van der Waals surface area contributed by atoms with Crippen molar-refractivity contribution in [3.8, 4) is 0 Å². The molecule has 2 rings (SSSR count). The second kappa shape index (κ2) is 30.1. The molecule has 0 heterocycles. The van der Waals surface area contributed by atoms with Crippen LogP contribution in [0.1, 0.15) is 127 Å². The highest BCUT2D eigenvalue weighted by Gasteiger charge is 2.05. The van der Waals surface area contributed by atoms with Crippen molar-refractivity contribution < 1.29 is 19.1 Å². The largest absolute Gasteiger partial charge is 0.449 e. The van der Waals surface area contributed by atoms with Crippen LogP contribution in [0.25, 0.3) is 0 Å². The highest BCUT2D eigenvalue weighted by molar-refractivity contribution is 8.76. The first-order chi connectivity index (χ1) is 23.6. The molecule has 0 saturated heterocycles. The fourth-order valence-corrected chi connectivity index (χ4v) is 7.76. The number of nitrogens with one attached hydrogen (secondary N) is 2. The Bertz CT molecular complexity index is 992. The van der Waals surface area contributed by atoms with E-state index in [1.807, 2.05) is 48.5 Å². The SMILES string of the molecule is O=C(Nc1ccc(CCl)cc1)OCCCCCCCCCCCSSCCCCCCCCCCCOC(=O)Nc1ccc(CCl)cc1. The molecule has 0 bridgehead atoms. The molecule has 48 heavy (non-hydrogen) atoms. The van der Waals surface area contributed by atoms with E-state index in [4.69, 9.17) is 32.7 Å². The highest BCUT2D eigenvalue weighted by Crippen LogP contribution is 2.25. The van der Waals surface area contributed by atoms with Crippen LogP contribution in [0.2, 0.25) is 0 Å². The lowest BCUT2D eigenvalue weighted by Crippen LogP contribution is -2.14. The maximum Gasteiger partial charge on any atom is 0.411 e. The molecule has 0 saturated carbocycles. The van der Waals surface area contributed by atoms with Crippen molar-refractivity contribution >= 4 is 68.4 Å². The minimum Gasteiger partial charge on any atom is -0.449 e. The molecular formula is C38H58Cl2N2O4S2. The van der Waals surface area contributed by atoms with E-state index in [1.54, 1.807) is 0 Å². The number of hydrogen-bond acceptors (Lipinski definition) is 6. The van der Waals surface area contributed by atoms with Crippen LogP contribution in [0.4, 0.5) is 21.0 Å². The first-order valence-electron chi connectivity index (χ1n) is 18.0. The summed E-state index contributed by atoms with van der Waals surface area (Å²) in [5.74, 6) is 3.48. The van der Waals surface area contributed by atoms with Crippen LogP contribution in [0, 0.1) is 0 Å². The highest BCUT2D eigenvalue weighted by atomic mass is 35.5. The molecule has 0 atom stereocenters. The smallest absolute Gasteiger partial charge is 0.411 e. The summed E-state index contributed by atoms with van der Waals surface area (Å²) in [7, 11) is 4.11. The van der Waals surface area contributed by atoms with E-state index in [1.165, 1.54) is 101 Å². The van der Waals surface area contributed by atoms with Gasteiger partial charge in [-0.15, -0.1) is 23.2 Å². The Morgan fingerprint density at radius 3 is 1.06 bits per heavy atom. The van der Waals surface area contributed by atoms with Crippen molar-refractivity contribution in [3.05, 3.63) is 59.7 Å². The summed E-state index contributed by atoms with van der Waals surface area (Å²) in [5.41, 5.74) is 3.50. The van der Waals surface area contributed by atoms with Crippen molar-refractivity contribution in [3.63, 3.8) is 0 Å². The predicted octanol–water partition coefficient (Wildman–Crippen LogP) is 13.4. The molecule has 0 radical (unpaired) electrons. The van der Waals surface area contributed by atoms with Crippen molar-refractivity contribution in [1.29, 1.82) is 0 Å². The molecule has 0 aromatic heterocycles. The molecule has 2 aromatic rings. The Balaban J connectivity index is 1.21. The number of benzene rings is 2. The minimum absolute atomic E-state index is 0.393. The van der Waals surface area contributed by atoms with Gasteiger partial charge in [-0.25, -0.2) is 9.59 Å². The number of carbonyl (C=O) groups excluding carboxylic acids is 2. The summed E-state index contributed by atoms with van der Waals surface area (Å²) in [4.78, 5) is 23.7. The zero-order valence-electron chi connectivity index (χ0n) is 28.8. The minimum atomic E-state index is -0.393. The number of unbranched alkanes of at least 4 members (excludes halogenated alkanes) is 16. The van der Waals surface area contributed by atoms with E-state index >= 15 is 0 Å². The zero-order valence-corrected chi connectivity index (χ0v) is 31.9. The van der Waals surface area contributed by atoms with Crippen molar-refractivity contribution in [2.45, 2.75) is 127 Å². The zero-order chi connectivity index (χ0) is 34.3. The van der Waals surface area contributed by atoms with E-state index < -0.39 is 12.2 Å². The summed E-state index contributed by atoms with van der Waals surface area (Å²) < 4.78 is 10.6. The van der Waals surface area contributed by atoms with Gasteiger partial charge in [0.15, 0.2) is 0 Å².